The number of hydrogen-bond acceptors (Lipinski definition) is 3. The molecule has 1 aliphatic carbocycles. The third kappa shape index (κ3) is 1.00. The van der Waals surface area contributed by atoms with E-state index in [0.29, 0.717) is 12.0 Å². The zero-order valence-corrected chi connectivity index (χ0v) is 7.10. The van der Waals surface area contributed by atoms with Crippen molar-refractivity contribution in [2.75, 3.05) is 5.73 Å². The summed E-state index contributed by atoms with van der Waals surface area (Å²) in [4.78, 5) is 5.18. The maximum atomic E-state index is 5.60. The van der Waals surface area contributed by atoms with E-state index in [4.69, 9.17) is 10.6 Å². The lowest BCUT2D eigenvalue weighted by Crippen LogP contribution is -2.01. The highest BCUT2D eigenvalue weighted by atomic mass is 16.7. The first kappa shape index (κ1) is 6.95. The summed E-state index contributed by atoms with van der Waals surface area (Å²) >= 11 is 0. The molecule has 1 aromatic rings. The van der Waals surface area contributed by atoms with Crippen molar-refractivity contribution < 1.29 is 4.84 Å². The molecule has 1 saturated carbocycles. The second kappa shape index (κ2) is 2.25. The van der Waals surface area contributed by atoms with Gasteiger partial charge in [0.25, 0.3) is 0 Å². The summed E-state index contributed by atoms with van der Waals surface area (Å²) in [7, 11) is 0. The quantitative estimate of drug-likeness (QED) is 0.654. The second-order valence-corrected chi connectivity index (χ2v) is 3.58. The molecule has 66 valence electrons. The highest BCUT2D eigenvalue weighted by molar-refractivity contribution is 6.05. The van der Waals surface area contributed by atoms with Gasteiger partial charge in [-0.1, -0.05) is 17.3 Å². The Morgan fingerprint density at radius 3 is 2.62 bits per heavy atom. The topological polar surface area (TPSA) is 47.6 Å². The summed E-state index contributed by atoms with van der Waals surface area (Å²) in [6, 6.07) is 7.79. The molecule has 2 unspecified atom stereocenters. The van der Waals surface area contributed by atoms with E-state index in [1.54, 1.807) is 0 Å². The van der Waals surface area contributed by atoms with Crippen LogP contribution in [0.25, 0.3) is 0 Å². The number of fused-ring (bicyclic) bond motifs is 1. The van der Waals surface area contributed by atoms with E-state index in [-0.39, 0.29) is 0 Å². The van der Waals surface area contributed by atoms with Gasteiger partial charge in [0.2, 0.25) is 0 Å². The number of benzene rings is 1. The van der Waals surface area contributed by atoms with Gasteiger partial charge in [0.1, 0.15) is 6.10 Å². The average molecular weight is 174 g/mol. The second-order valence-electron chi connectivity index (χ2n) is 3.58. The molecule has 3 nitrogen and oxygen atoms in total. The van der Waals surface area contributed by atoms with Gasteiger partial charge >= 0.3 is 0 Å². The predicted octanol–water partition coefficient (Wildman–Crippen LogP) is 1.39. The molecular formula is C10H10N2O. The number of oxime groups is 1. The molecule has 0 amide bonds. The summed E-state index contributed by atoms with van der Waals surface area (Å²) in [5.41, 5.74) is 8.61. The van der Waals surface area contributed by atoms with E-state index in [9.17, 15) is 0 Å². The normalized spacial score (nSPS) is 29.1. The Bertz CT molecular complexity index is 369. The maximum absolute atomic E-state index is 5.60. The van der Waals surface area contributed by atoms with Gasteiger partial charge in [-0.3, -0.25) is 0 Å². The van der Waals surface area contributed by atoms with E-state index in [2.05, 4.69) is 5.16 Å². The Kier molecular flexibility index (Phi) is 1.20. The largest absolute Gasteiger partial charge is 0.399 e. The summed E-state index contributed by atoms with van der Waals surface area (Å²) in [5, 5.41) is 4.04. The van der Waals surface area contributed by atoms with E-state index in [1.807, 2.05) is 24.3 Å². The van der Waals surface area contributed by atoms with Crippen molar-refractivity contribution >= 4 is 11.4 Å². The Balaban J connectivity index is 1.96. The van der Waals surface area contributed by atoms with E-state index in [0.717, 1.165) is 23.4 Å². The van der Waals surface area contributed by atoms with Gasteiger partial charge in [-0.2, -0.15) is 0 Å². The first-order valence-corrected chi connectivity index (χ1v) is 4.44. The zero-order chi connectivity index (χ0) is 8.84. The van der Waals surface area contributed by atoms with Gasteiger partial charge in [0, 0.05) is 11.6 Å². The molecule has 2 N–H and O–H groups in total. The molecule has 13 heavy (non-hydrogen) atoms. The van der Waals surface area contributed by atoms with Crippen LogP contribution in [0, 0.1) is 5.92 Å². The van der Waals surface area contributed by atoms with Crippen LogP contribution < -0.4 is 5.73 Å². The van der Waals surface area contributed by atoms with Gasteiger partial charge in [0.05, 0.1) is 5.71 Å². The number of nitrogens with two attached hydrogens (primary N) is 1. The van der Waals surface area contributed by atoms with Crippen LogP contribution in [0.4, 0.5) is 5.69 Å². The molecule has 2 aliphatic rings. The minimum absolute atomic E-state index is 0.368. The Morgan fingerprint density at radius 1 is 1.31 bits per heavy atom. The minimum atomic E-state index is 0.368. The van der Waals surface area contributed by atoms with Crippen LogP contribution in [0.3, 0.4) is 0 Å². The van der Waals surface area contributed by atoms with E-state index < -0.39 is 0 Å². The SMILES string of the molecule is Nc1ccc(C2=NOC3CC23)cc1. The number of nitrogen functional groups attached to an aromatic ring is 1. The van der Waals surface area contributed by atoms with Crippen LogP contribution >= 0.6 is 0 Å². The van der Waals surface area contributed by atoms with Crippen molar-refractivity contribution in [3.05, 3.63) is 29.8 Å². The van der Waals surface area contributed by atoms with Crippen molar-refractivity contribution in [1.82, 2.24) is 0 Å². The first-order valence-electron chi connectivity index (χ1n) is 4.44. The van der Waals surface area contributed by atoms with E-state index in [1.165, 1.54) is 0 Å². The summed E-state index contributed by atoms with van der Waals surface area (Å²) in [6.07, 6.45) is 1.50. The van der Waals surface area contributed by atoms with Crippen LogP contribution in [0.15, 0.2) is 29.4 Å². The molecule has 2 atom stereocenters. The zero-order valence-electron chi connectivity index (χ0n) is 7.10. The predicted molar refractivity (Wildman–Crippen MR) is 50.4 cm³/mol. The Morgan fingerprint density at radius 2 is 2.08 bits per heavy atom. The number of anilines is 1. The van der Waals surface area contributed by atoms with Gasteiger partial charge in [0.15, 0.2) is 0 Å². The van der Waals surface area contributed by atoms with Crippen LogP contribution in [0.2, 0.25) is 0 Å². The van der Waals surface area contributed by atoms with Gasteiger partial charge in [-0.05, 0) is 24.1 Å². The van der Waals surface area contributed by atoms with Crippen molar-refractivity contribution in [2.24, 2.45) is 11.1 Å². The molecular weight excluding hydrogens is 164 g/mol. The molecule has 0 bridgehead atoms. The molecule has 0 aromatic heterocycles. The molecule has 1 fully saturated rings. The molecule has 1 heterocycles. The van der Waals surface area contributed by atoms with E-state index >= 15 is 0 Å². The molecule has 1 aromatic carbocycles. The molecule has 0 radical (unpaired) electrons. The summed E-state index contributed by atoms with van der Waals surface area (Å²) < 4.78 is 0. The lowest BCUT2D eigenvalue weighted by Gasteiger charge is -1.99. The third-order valence-electron chi connectivity index (χ3n) is 2.58. The number of hydrogen-bond donors (Lipinski definition) is 1. The third-order valence-corrected chi connectivity index (χ3v) is 2.58. The highest BCUT2D eigenvalue weighted by Crippen LogP contribution is 2.42. The molecule has 1 aliphatic heterocycles. The Hall–Kier alpha value is -1.51. The van der Waals surface area contributed by atoms with Gasteiger partial charge in [-0.25, -0.2) is 0 Å². The first-order chi connectivity index (χ1) is 6.34. The van der Waals surface area contributed by atoms with Crippen molar-refractivity contribution in [3.8, 4) is 0 Å². The van der Waals surface area contributed by atoms with Gasteiger partial charge < -0.3 is 10.6 Å². The van der Waals surface area contributed by atoms with Crippen LogP contribution in [-0.2, 0) is 4.84 Å². The average Bonchev–Trinajstić information content (AvgIpc) is 2.81. The number of nitrogens with zero attached hydrogens (tertiary/aromatic N) is 1. The van der Waals surface area contributed by atoms with Crippen molar-refractivity contribution in [2.45, 2.75) is 12.5 Å². The fourth-order valence-corrected chi connectivity index (χ4v) is 1.69. The van der Waals surface area contributed by atoms with Crippen LogP contribution in [0.1, 0.15) is 12.0 Å². The molecule has 0 saturated heterocycles. The molecule has 0 spiro atoms. The summed E-state index contributed by atoms with van der Waals surface area (Å²) in [6.45, 7) is 0. The fourth-order valence-electron chi connectivity index (χ4n) is 1.69. The summed E-state index contributed by atoms with van der Waals surface area (Å²) in [5.74, 6) is 0.545. The Labute approximate surface area is 76.2 Å². The minimum Gasteiger partial charge on any atom is -0.399 e. The smallest absolute Gasteiger partial charge is 0.136 e. The molecule has 3 rings (SSSR count). The monoisotopic (exact) mass is 174 g/mol. The maximum Gasteiger partial charge on any atom is 0.136 e. The van der Waals surface area contributed by atoms with Crippen LogP contribution in [0.5, 0.6) is 0 Å². The highest BCUT2D eigenvalue weighted by Gasteiger charge is 2.48. The number of rotatable bonds is 1. The van der Waals surface area contributed by atoms with Crippen LogP contribution in [-0.4, -0.2) is 11.8 Å². The van der Waals surface area contributed by atoms with Crippen molar-refractivity contribution in [3.63, 3.8) is 0 Å². The standard InChI is InChI=1S/C10H10N2O/c11-7-3-1-6(2-4-7)10-8-5-9(8)13-12-10/h1-4,8-9H,5,11H2. The van der Waals surface area contributed by atoms with Crippen molar-refractivity contribution in [1.29, 1.82) is 0 Å². The van der Waals surface area contributed by atoms with Gasteiger partial charge in [-0.15, -0.1) is 0 Å². The molecule has 3 heteroatoms. The fraction of sp³-hybridized carbons (Fsp3) is 0.300. The lowest BCUT2D eigenvalue weighted by atomic mass is 10.1. The lowest BCUT2D eigenvalue weighted by molar-refractivity contribution is 0.140.